The number of esters is 2. The summed E-state index contributed by atoms with van der Waals surface area (Å²) in [5.74, 6) is -1.07. The van der Waals surface area contributed by atoms with Crippen LogP contribution in [-0.2, 0) is 32.7 Å². The number of rotatable bonds is 37. The molecule has 4 atom stereocenters. The number of phosphoric ester groups is 1. The molecule has 0 aliphatic rings. The zero-order chi connectivity index (χ0) is 41.4. The summed E-state index contributed by atoms with van der Waals surface area (Å²) in [7, 11) is -4.65. The Morgan fingerprint density at radius 2 is 1.12 bits per heavy atom. The van der Waals surface area contributed by atoms with Crippen molar-refractivity contribution in [1.29, 1.82) is 0 Å². The van der Waals surface area contributed by atoms with Gasteiger partial charge in [0.2, 0.25) is 0 Å². The molecule has 0 bridgehead atoms. The molecule has 12 heteroatoms. The van der Waals surface area contributed by atoms with Crippen molar-refractivity contribution in [1.82, 2.24) is 0 Å². The third-order valence-corrected chi connectivity index (χ3v) is 9.08. The summed E-state index contributed by atoms with van der Waals surface area (Å²) in [5.41, 5.74) is 0. The van der Waals surface area contributed by atoms with Crippen molar-refractivity contribution in [2.24, 2.45) is 0 Å². The first-order valence-electron chi connectivity index (χ1n) is 20.7. The van der Waals surface area contributed by atoms with Crippen LogP contribution in [0, 0.1) is 0 Å². The quantitative estimate of drug-likeness (QED) is 0.0155. The zero-order valence-corrected chi connectivity index (χ0v) is 35.1. The van der Waals surface area contributed by atoms with Crippen LogP contribution in [0.2, 0.25) is 0 Å². The topological polar surface area (TPSA) is 169 Å². The molecule has 0 fully saturated rings. The Morgan fingerprint density at radius 1 is 0.607 bits per heavy atom. The van der Waals surface area contributed by atoms with Gasteiger partial charge in [-0.05, 0) is 77.0 Å². The minimum absolute atomic E-state index is 0.110. The average molecular weight is 809 g/mol. The molecule has 0 radical (unpaired) electrons. The summed E-state index contributed by atoms with van der Waals surface area (Å²) in [6.07, 6.45) is 41.7. The molecule has 0 amide bonds. The number of carbonyl (C=O) groups is 2. The lowest BCUT2D eigenvalue weighted by Gasteiger charge is -2.20. The van der Waals surface area contributed by atoms with E-state index in [0.29, 0.717) is 19.3 Å². The van der Waals surface area contributed by atoms with Crippen LogP contribution < -0.4 is 0 Å². The van der Waals surface area contributed by atoms with E-state index in [1.807, 2.05) is 36.5 Å². The van der Waals surface area contributed by atoms with Gasteiger partial charge in [-0.25, -0.2) is 4.57 Å². The lowest BCUT2D eigenvalue weighted by atomic mass is 10.1. The monoisotopic (exact) mass is 808 g/mol. The molecule has 0 spiro atoms. The average Bonchev–Trinajstić information content (AvgIpc) is 3.18. The summed E-state index contributed by atoms with van der Waals surface area (Å²) in [6, 6.07) is 0. The molecular weight excluding hydrogens is 735 g/mol. The van der Waals surface area contributed by atoms with E-state index in [-0.39, 0.29) is 25.6 Å². The first-order valence-corrected chi connectivity index (χ1v) is 22.1. The van der Waals surface area contributed by atoms with Crippen molar-refractivity contribution >= 4 is 19.8 Å². The predicted octanol–water partition coefficient (Wildman–Crippen LogP) is 9.63. The number of hydrogen-bond acceptors (Lipinski definition) is 10. The summed E-state index contributed by atoms with van der Waals surface area (Å²) in [6.45, 7) is 2.07. The Bertz CT molecular complexity index is 1220. The fourth-order valence-electron chi connectivity index (χ4n) is 4.87. The molecule has 0 aliphatic heterocycles. The van der Waals surface area contributed by atoms with Gasteiger partial charge in [0.05, 0.1) is 25.9 Å². The van der Waals surface area contributed by atoms with Crippen molar-refractivity contribution in [2.75, 3.05) is 26.4 Å². The molecule has 0 aromatic heterocycles. The van der Waals surface area contributed by atoms with Crippen LogP contribution in [0.1, 0.15) is 136 Å². The normalized spacial score (nSPS) is 15.3. The molecule has 4 N–H and O–H groups in total. The second-order valence-corrected chi connectivity index (χ2v) is 15.0. The maximum absolute atomic E-state index is 12.6. The van der Waals surface area contributed by atoms with E-state index < -0.39 is 51.8 Å². The number of allylic oxidation sites excluding steroid dienone is 13. The number of carbonyl (C=O) groups excluding carboxylic acids is 2. The minimum atomic E-state index is -4.65. The molecule has 11 nitrogen and oxygen atoms in total. The lowest BCUT2D eigenvalue weighted by molar-refractivity contribution is -0.161. The van der Waals surface area contributed by atoms with Crippen molar-refractivity contribution < 1.29 is 52.9 Å². The fraction of sp³-hybridized carbons (Fsp3) is 0.636. The molecule has 0 aromatic carbocycles. The van der Waals surface area contributed by atoms with Crippen LogP contribution in [-0.4, -0.2) is 76.9 Å². The van der Waals surface area contributed by atoms with Gasteiger partial charge < -0.3 is 29.7 Å². The van der Waals surface area contributed by atoms with Crippen LogP contribution in [0.3, 0.4) is 0 Å². The van der Waals surface area contributed by atoms with E-state index >= 15 is 0 Å². The zero-order valence-electron chi connectivity index (χ0n) is 34.2. The van der Waals surface area contributed by atoms with E-state index in [9.17, 15) is 29.3 Å². The Balaban J connectivity index is 4.55. The van der Waals surface area contributed by atoms with E-state index in [1.165, 1.54) is 19.3 Å². The van der Waals surface area contributed by atoms with Gasteiger partial charge in [-0.1, -0.05) is 131 Å². The smallest absolute Gasteiger partial charge is 0.462 e. The molecule has 1 unspecified atom stereocenters. The van der Waals surface area contributed by atoms with Gasteiger partial charge in [-0.15, -0.1) is 0 Å². The summed E-state index contributed by atoms with van der Waals surface area (Å²) in [4.78, 5) is 34.9. The maximum atomic E-state index is 12.6. The van der Waals surface area contributed by atoms with Crippen molar-refractivity contribution in [3.63, 3.8) is 0 Å². The first kappa shape index (κ1) is 53.1. The number of hydrogen-bond donors (Lipinski definition) is 4. The number of ether oxygens (including phenoxy) is 2. The van der Waals surface area contributed by atoms with Crippen LogP contribution in [0.15, 0.2) is 85.1 Å². The van der Waals surface area contributed by atoms with Gasteiger partial charge in [-0.3, -0.25) is 18.6 Å². The summed E-state index contributed by atoms with van der Waals surface area (Å²) < 4.78 is 32.5. The molecule has 56 heavy (non-hydrogen) atoms. The van der Waals surface area contributed by atoms with Gasteiger partial charge >= 0.3 is 19.8 Å². The van der Waals surface area contributed by atoms with Gasteiger partial charge in [0, 0.05) is 12.8 Å². The molecule has 0 heterocycles. The third-order valence-electron chi connectivity index (χ3n) is 8.13. The van der Waals surface area contributed by atoms with Crippen LogP contribution in [0.4, 0.5) is 0 Å². The number of aliphatic hydroxyl groups excluding tert-OH is 3. The SMILES string of the molecule is CCCCC/C=C\C/C=C\C/C=C\CCCCC(=O)O[C@H](COC(=O)CCC/C=C\C/C=C\C/C=C\C=C\[C@H](O)CCCCC)COP(=O)(O)OC[C@@H](O)CO. The molecule has 0 aliphatic carbocycles. The summed E-state index contributed by atoms with van der Waals surface area (Å²) in [5, 5.41) is 28.2. The first-order chi connectivity index (χ1) is 27.1. The van der Waals surface area contributed by atoms with Crippen molar-refractivity contribution in [2.45, 2.75) is 154 Å². The van der Waals surface area contributed by atoms with Crippen molar-refractivity contribution in [3.8, 4) is 0 Å². The molecule has 0 saturated heterocycles. The van der Waals surface area contributed by atoms with Crippen LogP contribution >= 0.6 is 7.82 Å². The van der Waals surface area contributed by atoms with Gasteiger partial charge in [0.1, 0.15) is 12.7 Å². The lowest BCUT2D eigenvalue weighted by Crippen LogP contribution is -2.29. The summed E-state index contributed by atoms with van der Waals surface area (Å²) >= 11 is 0. The van der Waals surface area contributed by atoms with E-state index in [0.717, 1.165) is 70.6 Å². The fourth-order valence-corrected chi connectivity index (χ4v) is 5.65. The molecule has 320 valence electrons. The van der Waals surface area contributed by atoms with Gasteiger partial charge in [-0.2, -0.15) is 0 Å². The molecular formula is C44H73O11P. The maximum Gasteiger partial charge on any atom is 0.472 e. The number of aliphatic hydroxyl groups is 3. The number of unbranched alkanes of at least 4 members (excludes halogenated alkanes) is 8. The molecule has 0 saturated carbocycles. The van der Waals surface area contributed by atoms with E-state index in [4.69, 9.17) is 19.1 Å². The number of phosphoric acid groups is 1. The van der Waals surface area contributed by atoms with E-state index in [2.05, 4.69) is 67.0 Å². The van der Waals surface area contributed by atoms with E-state index in [1.54, 1.807) is 0 Å². The molecule has 0 aromatic rings. The van der Waals surface area contributed by atoms with Crippen LogP contribution in [0.25, 0.3) is 0 Å². The Morgan fingerprint density at radius 3 is 1.73 bits per heavy atom. The highest BCUT2D eigenvalue weighted by Gasteiger charge is 2.27. The van der Waals surface area contributed by atoms with Crippen LogP contribution in [0.5, 0.6) is 0 Å². The second-order valence-electron chi connectivity index (χ2n) is 13.5. The standard InChI is InChI=1S/C44H73O11P/c1-3-5-7-8-9-10-11-12-13-14-17-21-24-27-31-35-44(49)55-42(39-54-56(50,51)53-37-41(47)36-45)38-52-43(48)34-30-26-23-20-18-15-16-19-22-25-29-33-40(46)32-28-6-4-2/h9-10,12-13,15-17,20-23,25,29,33,40-42,45-47H,3-8,11,14,18-19,24,26-28,30-32,34-39H2,1-2H3,(H,50,51)/b10-9-,13-12-,16-15-,21-17-,23-20-,25-22-,33-29+/t40-,41+,42-/m1/s1. The largest absolute Gasteiger partial charge is 0.472 e. The Labute approximate surface area is 337 Å². The second kappa shape index (κ2) is 39.0. The van der Waals surface area contributed by atoms with Gasteiger partial charge in [0.15, 0.2) is 6.10 Å². The molecule has 0 rings (SSSR count). The Kier molecular flexibility index (Phi) is 36.9. The Hall–Kier alpha value is -2.89. The highest BCUT2D eigenvalue weighted by atomic mass is 31.2. The van der Waals surface area contributed by atoms with Crippen molar-refractivity contribution in [3.05, 3.63) is 85.1 Å². The highest BCUT2D eigenvalue weighted by Crippen LogP contribution is 2.43. The third kappa shape index (κ3) is 38.0. The predicted molar refractivity (Wildman–Crippen MR) is 225 cm³/mol. The highest BCUT2D eigenvalue weighted by molar-refractivity contribution is 7.47. The minimum Gasteiger partial charge on any atom is -0.462 e. The van der Waals surface area contributed by atoms with Gasteiger partial charge in [0.25, 0.3) is 0 Å².